The number of carbonyl (C=O) groups excluding carboxylic acids is 1. The molecule has 0 saturated heterocycles. The summed E-state index contributed by atoms with van der Waals surface area (Å²) in [6.45, 7) is 3.09. The van der Waals surface area contributed by atoms with Gasteiger partial charge in [0.05, 0.1) is 0 Å². The summed E-state index contributed by atoms with van der Waals surface area (Å²) in [5.74, 6) is 0.805. The van der Waals surface area contributed by atoms with Crippen molar-refractivity contribution in [2.75, 3.05) is 26.0 Å². The summed E-state index contributed by atoms with van der Waals surface area (Å²) in [4.78, 5) is 17.5. The van der Waals surface area contributed by atoms with E-state index in [0.717, 1.165) is 35.6 Å². The van der Waals surface area contributed by atoms with Gasteiger partial charge in [-0.25, -0.2) is 0 Å². The highest BCUT2D eigenvalue weighted by atomic mass is 79.9. The zero-order chi connectivity index (χ0) is 18.9. The van der Waals surface area contributed by atoms with Crippen molar-refractivity contribution < 1.29 is 4.79 Å². The van der Waals surface area contributed by atoms with Crippen LogP contribution in [0.2, 0.25) is 0 Å². The van der Waals surface area contributed by atoms with E-state index in [2.05, 4.69) is 48.6 Å². The van der Waals surface area contributed by atoms with Crippen LogP contribution in [0.25, 0.3) is 0 Å². The second kappa shape index (κ2) is 9.97. The van der Waals surface area contributed by atoms with Crippen LogP contribution >= 0.6 is 15.9 Å². The molecule has 0 spiro atoms. The van der Waals surface area contributed by atoms with Gasteiger partial charge in [0.25, 0.3) is 0 Å². The molecular formula is C20H25BrN4O. The van der Waals surface area contributed by atoms with E-state index in [1.807, 2.05) is 43.4 Å². The van der Waals surface area contributed by atoms with Crippen LogP contribution in [0.5, 0.6) is 0 Å². The molecule has 1 amide bonds. The summed E-state index contributed by atoms with van der Waals surface area (Å²) in [6.07, 6.45) is 0.880. The Morgan fingerprint density at radius 3 is 2.27 bits per heavy atom. The lowest BCUT2D eigenvalue weighted by molar-refractivity contribution is -0.114. The Hall–Kier alpha value is -2.34. The van der Waals surface area contributed by atoms with Crippen molar-refractivity contribution in [3.05, 3.63) is 64.1 Å². The number of nitrogens with zero attached hydrogens (tertiary/aromatic N) is 2. The first kappa shape index (κ1) is 20.0. The molecule has 0 fully saturated rings. The number of nitrogens with one attached hydrogen (secondary N) is 2. The zero-order valence-electron chi connectivity index (χ0n) is 15.4. The number of amides is 1. The van der Waals surface area contributed by atoms with Crippen molar-refractivity contribution in [3.63, 3.8) is 0 Å². The highest BCUT2D eigenvalue weighted by Crippen LogP contribution is 2.12. The first-order valence-corrected chi connectivity index (χ1v) is 9.30. The molecular weight excluding hydrogens is 392 g/mol. The number of hydrogen-bond donors (Lipinski definition) is 2. The summed E-state index contributed by atoms with van der Waals surface area (Å²) in [5.41, 5.74) is 3.25. The Kier molecular flexibility index (Phi) is 7.66. The second-order valence-electron chi connectivity index (χ2n) is 6.08. The first-order valence-electron chi connectivity index (χ1n) is 8.50. The Bertz CT molecular complexity index is 741. The highest BCUT2D eigenvalue weighted by Gasteiger charge is 2.06. The fraction of sp³-hybridized carbons (Fsp3) is 0.300. The van der Waals surface area contributed by atoms with Gasteiger partial charge in [-0.1, -0.05) is 40.2 Å². The summed E-state index contributed by atoms with van der Waals surface area (Å²) in [7, 11) is 3.82. The van der Waals surface area contributed by atoms with E-state index in [0.29, 0.717) is 0 Å². The molecule has 2 aromatic carbocycles. The van der Waals surface area contributed by atoms with Crippen LogP contribution in [0.4, 0.5) is 5.69 Å². The lowest BCUT2D eigenvalue weighted by Gasteiger charge is -2.22. The van der Waals surface area contributed by atoms with E-state index in [4.69, 9.17) is 0 Å². The molecule has 0 aliphatic rings. The van der Waals surface area contributed by atoms with Crippen molar-refractivity contribution in [1.29, 1.82) is 0 Å². The van der Waals surface area contributed by atoms with E-state index in [1.165, 1.54) is 18.1 Å². The van der Waals surface area contributed by atoms with Gasteiger partial charge in [-0.2, -0.15) is 0 Å². The largest absolute Gasteiger partial charge is 0.356 e. The third-order valence-corrected chi connectivity index (χ3v) is 4.41. The van der Waals surface area contributed by atoms with Crippen molar-refractivity contribution in [1.82, 2.24) is 10.2 Å². The predicted octanol–water partition coefficient (Wildman–Crippen LogP) is 3.66. The summed E-state index contributed by atoms with van der Waals surface area (Å²) in [6, 6.07) is 16.2. The predicted molar refractivity (Wildman–Crippen MR) is 111 cm³/mol. The standard InChI is InChI=1S/C20H25BrN4O/c1-15(26)24-19-10-6-16(7-11-19)12-13-23-20(22-2)25(3)14-17-4-8-18(21)9-5-17/h4-11H,12-14H2,1-3H3,(H,22,23)(H,24,26). The second-order valence-corrected chi connectivity index (χ2v) is 7.00. The number of halogens is 1. The van der Waals surface area contributed by atoms with Crippen molar-refractivity contribution in [2.24, 2.45) is 4.99 Å². The minimum absolute atomic E-state index is 0.0583. The van der Waals surface area contributed by atoms with Crippen LogP contribution in [0.1, 0.15) is 18.1 Å². The van der Waals surface area contributed by atoms with Gasteiger partial charge in [0.2, 0.25) is 5.91 Å². The molecule has 0 aromatic heterocycles. The Morgan fingerprint density at radius 1 is 1.08 bits per heavy atom. The van der Waals surface area contributed by atoms with E-state index >= 15 is 0 Å². The summed E-state index contributed by atoms with van der Waals surface area (Å²) in [5, 5.41) is 6.17. The van der Waals surface area contributed by atoms with Crippen molar-refractivity contribution >= 4 is 33.5 Å². The van der Waals surface area contributed by atoms with E-state index in [1.54, 1.807) is 7.05 Å². The number of guanidine groups is 1. The number of hydrogen-bond acceptors (Lipinski definition) is 2. The molecule has 6 heteroatoms. The third-order valence-electron chi connectivity index (χ3n) is 3.88. The SMILES string of the molecule is CN=C(NCCc1ccc(NC(C)=O)cc1)N(C)Cc1ccc(Br)cc1. The molecule has 0 radical (unpaired) electrons. The van der Waals surface area contributed by atoms with Crippen LogP contribution in [-0.2, 0) is 17.8 Å². The highest BCUT2D eigenvalue weighted by molar-refractivity contribution is 9.10. The number of benzene rings is 2. The Morgan fingerprint density at radius 2 is 1.69 bits per heavy atom. The quantitative estimate of drug-likeness (QED) is 0.557. The minimum atomic E-state index is -0.0583. The average Bonchev–Trinajstić information content (AvgIpc) is 2.61. The topological polar surface area (TPSA) is 56.7 Å². The van der Waals surface area contributed by atoms with Gasteiger partial charge in [0.1, 0.15) is 0 Å². The van der Waals surface area contributed by atoms with Crippen molar-refractivity contribution in [2.45, 2.75) is 19.9 Å². The van der Waals surface area contributed by atoms with Crippen LogP contribution < -0.4 is 10.6 Å². The molecule has 26 heavy (non-hydrogen) atoms. The maximum Gasteiger partial charge on any atom is 0.221 e. The molecule has 0 heterocycles. The van der Waals surface area contributed by atoms with E-state index in [-0.39, 0.29) is 5.91 Å². The minimum Gasteiger partial charge on any atom is -0.356 e. The molecule has 2 rings (SSSR count). The maximum atomic E-state index is 11.0. The van der Waals surface area contributed by atoms with Gasteiger partial charge in [0.15, 0.2) is 5.96 Å². The van der Waals surface area contributed by atoms with Crippen LogP contribution in [-0.4, -0.2) is 37.4 Å². The van der Waals surface area contributed by atoms with E-state index < -0.39 is 0 Å². The number of anilines is 1. The Labute approximate surface area is 163 Å². The fourth-order valence-electron chi connectivity index (χ4n) is 2.60. The summed E-state index contributed by atoms with van der Waals surface area (Å²) < 4.78 is 1.08. The average molecular weight is 417 g/mol. The van der Waals surface area contributed by atoms with Gasteiger partial charge in [0, 0.05) is 44.3 Å². The molecule has 0 atom stereocenters. The van der Waals surface area contributed by atoms with Gasteiger partial charge in [-0.3, -0.25) is 9.79 Å². The van der Waals surface area contributed by atoms with Crippen molar-refractivity contribution in [3.8, 4) is 0 Å². The molecule has 2 N–H and O–H groups in total. The smallest absolute Gasteiger partial charge is 0.221 e. The number of carbonyl (C=O) groups is 1. The molecule has 0 bridgehead atoms. The third kappa shape index (κ3) is 6.52. The Balaban J connectivity index is 1.82. The molecule has 5 nitrogen and oxygen atoms in total. The van der Waals surface area contributed by atoms with Gasteiger partial charge >= 0.3 is 0 Å². The van der Waals surface area contributed by atoms with Gasteiger partial charge in [-0.05, 0) is 41.8 Å². The lowest BCUT2D eigenvalue weighted by atomic mass is 10.1. The molecule has 2 aromatic rings. The van der Waals surface area contributed by atoms with Gasteiger partial charge in [-0.15, -0.1) is 0 Å². The lowest BCUT2D eigenvalue weighted by Crippen LogP contribution is -2.39. The maximum absolute atomic E-state index is 11.0. The number of aliphatic imine (C=N–C) groups is 1. The van der Waals surface area contributed by atoms with Crippen LogP contribution in [0.3, 0.4) is 0 Å². The normalized spacial score (nSPS) is 11.2. The van der Waals surface area contributed by atoms with Crippen LogP contribution in [0.15, 0.2) is 58.0 Å². The van der Waals surface area contributed by atoms with Gasteiger partial charge < -0.3 is 15.5 Å². The van der Waals surface area contributed by atoms with Crippen LogP contribution in [0, 0.1) is 0 Å². The molecule has 138 valence electrons. The number of rotatable bonds is 6. The zero-order valence-corrected chi connectivity index (χ0v) is 17.0. The molecule has 0 unspecified atom stereocenters. The fourth-order valence-corrected chi connectivity index (χ4v) is 2.86. The first-order chi connectivity index (χ1) is 12.5. The summed E-state index contributed by atoms with van der Waals surface area (Å²) >= 11 is 3.46. The monoisotopic (exact) mass is 416 g/mol. The molecule has 0 aliphatic heterocycles. The molecule has 0 aliphatic carbocycles. The van der Waals surface area contributed by atoms with E-state index in [9.17, 15) is 4.79 Å². The molecule has 0 saturated carbocycles.